The molecule has 2 atom stereocenters. The summed E-state index contributed by atoms with van der Waals surface area (Å²) in [4.78, 5) is 38.1. The predicted octanol–water partition coefficient (Wildman–Crippen LogP) is 4.53. The summed E-state index contributed by atoms with van der Waals surface area (Å²) in [5.74, 6) is -1.31. The Labute approximate surface area is 255 Å². The van der Waals surface area contributed by atoms with Crippen molar-refractivity contribution >= 4 is 23.5 Å². The van der Waals surface area contributed by atoms with Gasteiger partial charge in [-0.3, -0.25) is 9.59 Å². The minimum Gasteiger partial charge on any atom is -0.476 e. The fraction of sp³-hybridized carbons (Fsp3) is 0.273. The fourth-order valence-corrected chi connectivity index (χ4v) is 5.16. The van der Waals surface area contributed by atoms with Crippen LogP contribution in [0.3, 0.4) is 0 Å². The number of carbonyl (C=O) groups excluding carboxylic acids is 2. The average molecular weight is 598 g/mol. The quantitative estimate of drug-likeness (QED) is 0.174. The van der Waals surface area contributed by atoms with E-state index in [0.717, 1.165) is 42.0 Å². The highest BCUT2D eigenvalue weighted by atomic mass is 16.5. The Kier molecular flexibility index (Phi) is 9.88. The van der Waals surface area contributed by atoms with E-state index >= 15 is 0 Å². The molecule has 11 heteroatoms. The van der Waals surface area contributed by atoms with Crippen LogP contribution in [0.5, 0.6) is 11.5 Å². The van der Waals surface area contributed by atoms with E-state index in [1.807, 2.05) is 36.4 Å². The van der Waals surface area contributed by atoms with Crippen LogP contribution in [-0.2, 0) is 29.2 Å². The highest BCUT2D eigenvalue weighted by Crippen LogP contribution is 2.29. The van der Waals surface area contributed by atoms with E-state index in [9.17, 15) is 19.5 Å². The number of aromatic carboxylic acids is 1. The molecular weight excluding hydrogens is 562 g/mol. The number of aromatic nitrogens is 2. The second kappa shape index (κ2) is 14.3. The monoisotopic (exact) mass is 597 g/mol. The van der Waals surface area contributed by atoms with Crippen LogP contribution in [0.25, 0.3) is 0 Å². The van der Waals surface area contributed by atoms with Gasteiger partial charge in [-0.2, -0.15) is 5.10 Å². The summed E-state index contributed by atoms with van der Waals surface area (Å²) in [7, 11) is 0. The van der Waals surface area contributed by atoms with E-state index in [1.54, 1.807) is 42.5 Å². The lowest BCUT2D eigenvalue weighted by Gasteiger charge is -2.32. The SMILES string of the molecule is Nc1ccccc1Oc1ccccc1CNC(=O)c1cc(C(=O)O)nn1CC(=O)N[C@H]1CCCCC1OCc1ccccc1. The number of nitrogen functional groups attached to an aromatic ring is 1. The number of rotatable bonds is 12. The highest BCUT2D eigenvalue weighted by Gasteiger charge is 2.28. The molecule has 1 heterocycles. The first kappa shape index (κ1) is 30.3. The van der Waals surface area contributed by atoms with Crippen molar-refractivity contribution in [3.63, 3.8) is 0 Å². The molecule has 1 aliphatic carbocycles. The minimum atomic E-state index is -1.31. The molecule has 1 fully saturated rings. The van der Waals surface area contributed by atoms with Crippen molar-refractivity contribution in [1.29, 1.82) is 0 Å². The van der Waals surface area contributed by atoms with Crippen LogP contribution in [0.4, 0.5) is 5.69 Å². The molecule has 4 aromatic rings. The summed E-state index contributed by atoms with van der Waals surface area (Å²) in [6, 6.07) is 25.0. The normalized spacial score (nSPS) is 16.2. The van der Waals surface area contributed by atoms with Gasteiger partial charge < -0.3 is 30.9 Å². The Morgan fingerprint density at radius 1 is 0.932 bits per heavy atom. The fourth-order valence-electron chi connectivity index (χ4n) is 5.16. The number of para-hydroxylation sites is 3. The molecule has 0 spiro atoms. The maximum atomic E-state index is 13.3. The van der Waals surface area contributed by atoms with E-state index in [-0.39, 0.29) is 36.6 Å². The van der Waals surface area contributed by atoms with Gasteiger partial charge in [0.25, 0.3) is 5.91 Å². The number of amides is 2. The average Bonchev–Trinajstić information content (AvgIpc) is 3.46. The van der Waals surface area contributed by atoms with Gasteiger partial charge in [0, 0.05) is 18.2 Å². The van der Waals surface area contributed by atoms with Gasteiger partial charge in [-0.25, -0.2) is 9.48 Å². The second-order valence-electron chi connectivity index (χ2n) is 10.6. The molecule has 1 unspecified atom stereocenters. The second-order valence-corrected chi connectivity index (χ2v) is 10.6. The number of nitrogens with zero attached hydrogens (tertiary/aromatic N) is 2. The largest absolute Gasteiger partial charge is 0.476 e. The van der Waals surface area contributed by atoms with Crippen molar-refractivity contribution in [2.45, 2.75) is 57.5 Å². The number of benzene rings is 3. The van der Waals surface area contributed by atoms with Crippen LogP contribution in [0, 0.1) is 0 Å². The molecule has 0 aliphatic heterocycles. The highest BCUT2D eigenvalue weighted by molar-refractivity contribution is 5.96. The number of carboxylic acids is 1. The molecule has 228 valence electrons. The maximum absolute atomic E-state index is 13.3. The molecule has 2 amide bonds. The summed E-state index contributed by atoms with van der Waals surface area (Å²) < 4.78 is 13.3. The third-order valence-electron chi connectivity index (χ3n) is 7.43. The van der Waals surface area contributed by atoms with Gasteiger partial charge in [0.15, 0.2) is 5.69 Å². The van der Waals surface area contributed by atoms with E-state index in [0.29, 0.717) is 29.4 Å². The number of hydrogen-bond donors (Lipinski definition) is 4. The first-order chi connectivity index (χ1) is 21.4. The summed E-state index contributed by atoms with van der Waals surface area (Å²) in [5, 5.41) is 19.4. The van der Waals surface area contributed by atoms with Crippen molar-refractivity contribution in [2.24, 2.45) is 0 Å². The van der Waals surface area contributed by atoms with Crippen LogP contribution >= 0.6 is 0 Å². The standard InChI is InChI=1S/C33H35N5O6/c34-24-13-5-8-16-29(24)44-28-15-7-4-12-23(28)19-35-32(40)27-18-26(33(41)42)37-38(27)20-31(39)36-25-14-6-9-17-30(25)43-21-22-10-2-1-3-11-22/h1-5,7-8,10-13,15-16,18,25,30H,6,9,14,17,19-21,34H2,(H,35,40)(H,36,39)(H,41,42)/t25-,30?/m0/s1. The van der Waals surface area contributed by atoms with Crippen molar-refractivity contribution < 1.29 is 29.0 Å². The number of nitrogens with two attached hydrogens (primary N) is 1. The van der Waals surface area contributed by atoms with Crippen molar-refractivity contribution in [1.82, 2.24) is 20.4 Å². The van der Waals surface area contributed by atoms with Gasteiger partial charge in [0.05, 0.1) is 24.4 Å². The van der Waals surface area contributed by atoms with E-state index in [2.05, 4.69) is 15.7 Å². The molecule has 0 radical (unpaired) electrons. The molecule has 0 bridgehead atoms. The number of nitrogens with one attached hydrogen (secondary N) is 2. The molecule has 1 saturated carbocycles. The Bertz CT molecular complexity index is 1610. The van der Waals surface area contributed by atoms with Gasteiger partial charge in [0.2, 0.25) is 5.91 Å². The third kappa shape index (κ3) is 7.81. The van der Waals surface area contributed by atoms with Crippen LogP contribution in [0.1, 0.15) is 57.8 Å². The molecule has 44 heavy (non-hydrogen) atoms. The van der Waals surface area contributed by atoms with Crippen LogP contribution in [0.2, 0.25) is 0 Å². The Hall–Kier alpha value is -5.16. The molecule has 3 aromatic carbocycles. The first-order valence-corrected chi connectivity index (χ1v) is 14.5. The summed E-state index contributed by atoms with van der Waals surface area (Å²) in [6.07, 6.45) is 3.38. The zero-order chi connectivity index (χ0) is 30.9. The smallest absolute Gasteiger partial charge is 0.356 e. The molecule has 1 aromatic heterocycles. The maximum Gasteiger partial charge on any atom is 0.356 e. The number of ether oxygens (including phenoxy) is 2. The number of carbonyl (C=O) groups is 3. The lowest BCUT2D eigenvalue weighted by atomic mass is 9.92. The number of anilines is 1. The van der Waals surface area contributed by atoms with Gasteiger partial charge in [0.1, 0.15) is 23.7 Å². The summed E-state index contributed by atoms with van der Waals surface area (Å²) >= 11 is 0. The molecule has 5 rings (SSSR count). The van der Waals surface area contributed by atoms with Crippen LogP contribution in [-0.4, -0.2) is 44.8 Å². The molecule has 0 saturated heterocycles. The van der Waals surface area contributed by atoms with Gasteiger partial charge >= 0.3 is 5.97 Å². The lowest BCUT2D eigenvalue weighted by Crippen LogP contribution is -2.47. The number of hydrogen-bond acceptors (Lipinski definition) is 7. The van der Waals surface area contributed by atoms with E-state index in [4.69, 9.17) is 15.2 Å². The zero-order valence-corrected chi connectivity index (χ0v) is 24.1. The third-order valence-corrected chi connectivity index (χ3v) is 7.43. The first-order valence-electron chi connectivity index (χ1n) is 14.5. The summed E-state index contributed by atoms with van der Waals surface area (Å²) in [6.45, 7) is 0.186. The topological polar surface area (TPSA) is 158 Å². The lowest BCUT2D eigenvalue weighted by molar-refractivity contribution is -0.124. The van der Waals surface area contributed by atoms with E-state index in [1.165, 1.54) is 0 Å². The van der Waals surface area contributed by atoms with Gasteiger partial charge in [-0.1, -0.05) is 73.5 Å². The Balaban J connectivity index is 1.24. The zero-order valence-electron chi connectivity index (χ0n) is 24.1. The van der Waals surface area contributed by atoms with Crippen LogP contribution < -0.4 is 21.1 Å². The molecule has 1 aliphatic rings. The number of carboxylic acid groups (broad SMARTS) is 1. The van der Waals surface area contributed by atoms with Crippen molar-refractivity contribution in [3.05, 3.63) is 107 Å². The predicted molar refractivity (Wildman–Crippen MR) is 163 cm³/mol. The van der Waals surface area contributed by atoms with Crippen molar-refractivity contribution in [2.75, 3.05) is 5.73 Å². The Morgan fingerprint density at radius 3 is 2.41 bits per heavy atom. The van der Waals surface area contributed by atoms with E-state index < -0.39 is 17.8 Å². The Morgan fingerprint density at radius 2 is 1.64 bits per heavy atom. The minimum absolute atomic E-state index is 0.0521. The summed E-state index contributed by atoms with van der Waals surface area (Å²) in [5.41, 5.74) is 7.81. The van der Waals surface area contributed by atoms with Crippen molar-refractivity contribution in [3.8, 4) is 11.5 Å². The molecule has 5 N–H and O–H groups in total. The van der Waals surface area contributed by atoms with Gasteiger partial charge in [-0.05, 0) is 36.6 Å². The molecule has 11 nitrogen and oxygen atoms in total. The molecular formula is C33H35N5O6. The van der Waals surface area contributed by atoms with Gasteiger partial charge in [-0.15, -0.1) is 0 Å². The van der Waals surface area contributed by atoms with Crippen LogP contribution in [0.15, 0.2) is 84.9 Å².